The average molecular weight is 1770 g/mol. The van der Waals surface area contributed by atoms with Gasteiger partial charge in [0.2, 0.25) is 0 Å². The fourth-order valence-electron chi connectivity index (χ4n) is 12.0. The van der Waals surface area contributed by atoms with Crippen molar-refractivity contribution in [1.29, 1.82) is 0 Å². The van der Waals surface area contributed by atoms with Crippen molar-refractivity contribution in [2.24, 2.45) is 171 Å². The van der Waals surface area contributed by atoms with Crippen LogP contribution < -0.4 is 51.2 Å². The van der Waals surface area contributed by atoms with Gasteiger partial charge in [-0.1, -0.05) is 360 Å². The second-order valence-electron chi connectivity index (χ2n) is 50.3. The van der Waals surface area contributed by atoms with Gasteiger partial charge in [-0.15, -0.1) is 0 Å². The lowest BCUT2D eigenvalue weighted by molar-refractivity contribution is -0.133. The van der Waals surface area contributed by atoms with Crippen LogP contribution in [-0.4, -0.2) is 143 Å². The minimum absolute atomic E-state index is 0.00926. The van der Waals surface area contributed by atoms with Gasteiger partial charge in [-0.25, -0.2) is 0 Å². The molecule has 0 rings (SSSR count). The summed E-state index contributed by atoms with van der Waals surface area (Å²) in [5.74, 6) is 5.56. The smallest absolute Gasteiger partial charge is 0.157 e. The van der Waals surface area contributed by atoms with Crippen LogP contribution in [0.5, 0.6) is 0 Å². The molecule has 744 valence electrons. The highest BCUT2D eigenvalue weighted by atomic mass is 16.2. The molecular formula is C104H218N10O10. The Morgan fingerprint density at radius 2 is 0.532 bits per heavy atom. The van der Waals surface area contributed by atoms with Crippen molar-refractivity contribution in [2.75, 3.05) is 21.1 Å². The van der Waals surface area contributed by atoms with E-state index in [1.165, 1.54) is 0 Å². The van der Waals surface area contributed by atoms with Crippen LogP contribution >= 0.6 is 0 Å². The van der Waals surface area contributed by atoms with E-state index in [0.29, 0.717) is 71.8 Å². The van der Waals surface area contributed by atoms with E-state index in [1.54, 1.807) is 34.6 Å². The summed E-state index contributed by atoms with van der Waals surface area (Å²) in [4.78, 5) is 120. The Hall–Kier alpha value is -3.70. The SMILES string of the molecule is CC(C)C(C(=O)C(C)(C)C)N(C)C.CC(C)C(C)(N)C(=O)C(C)(C)C.CC(C)C[C@@](C)(N)C(=O)C(C)(C)C.CC(C)C[C@](C)(N)C(=O)C(C)(C)C.CC(C)[C@@H](C)[C@@H](N)C(=O)C(C)(C)C.CC(C)[C@@H](N)CC(=O)C(C)(C)C.CC(C)[C@H](C)[C@H](N)C(=O)C(C)(C)C.CC(C)[C@H](N)CC(=O)C(C)(C)C.CNC(C(=O)C(C)(C)C)C(C)C.[2H]C(N)(C(=O)C(C)(C)C)C(C)C. The predicted octanol–water partition coefficient (Wildman–Crippen LogP) is 20.7. The fourth-order valence-corrected chi connectivity index (χ4v) is 12.0. The largest absolute Gasteiger partial charge is 0.327 e. The quantitative estimate of drug-likeness (QED) is 0.0351. The number of rotatable bonds is 28. The number of likely N-dealkylation sites (N-methyl/N-ethyl adjacent to an activating group) is 2. The minimum atomic E-state index is -1.45. The summed E-state index contributed by atoms with van der Waals surface area (Å²) >= 11 is 0. The van der Waals surface area contributed by atoms with E-state index < -0.39 is 28.0 Å². The summed E-state index contributed by atoms with van der Waals surface area (Å²) in [5.41, 5.74) is 41.7. The maximum atomic E-state index is 12.0. The third kappa shape index (κ3) is 63.3. The highest BCUT2D eigenvalue weighted by Crippen LogP contribution is 2.32. The molecule has 20 heteroatoms. The van der Waals surface area contributed by atoms with Crippen molar-refractivity contribution in [3.8, 4) is 0 Å². The van der Waals surface area contributed by atoms with Gasteiger partial charge < -0.3 is 51.2 Å². The second-order valence-corrected chi connectivity index (χ2v) is 50.3. The lowest BCUT2D eigenvalue weighted by Gasteiger charge is -2.33. The first kappa shape index (κ1) is 138. The molecule has 0 bridgehead atoms. The number of nitrogens with two attached hydrogens (primary N) is 8. The molecule has 0 aromatic heterocycles. The highest BCUT2D eigenvalue weighted by molar-refractivity contribution is 5.94. The highest BCUT2D eigenvalue weighted by Gasteiger charge is 2.42. The van der Waals surface area contributed by atoms with Crippen LogP contribution in [0.15, 0.2) is 0 Å². The van der Waals surface area contributed by atoms with Crippen molar-refractivity contribution in [3.63, 3.8) is 0 Å². The van der Waals surface area contributed by atoms with Gasteiger partial charge in [-0.3, -0.25) is 52.8 Å². The lowest BCUT2D eigenvalue weighted by atomic mass is 9.74. The number of hydrogen-bond acceptors (Lipinski definition) is 20. The summed E-state index contributed by atoms with van der Waals surface area (Å²) in [6, 6.07) is -2.03. The first-order chi connectivity index (χ1) is 54.2. The normalized spacial score (nSPS) is 16.6. The van der Waals surface area contributed by atoms with Crippen molar-refractivity contribution in [1.82, 2.24) is 10.2 Å². The molecule has 0 saturated carbocycles. The Morgan fingerprint density at radius 1 is 0.298 bits per heavy atom. The van der Waals surface area contributed by atoms with Crippen molar-refractivity contribution in [3.05, 3.63) is 0 Å². The van der Waals surface area contributed by atoms with E-state index in [9.17, 15) is 47.9 Å². The van der Waals surface area contributed by atoms with Gasteiger partial charge in [0.25, 0.3) is 0 Å². The van der Waals surface area contributed by atoms with Crippen LogP contribution in [-0.2, 0) is 47.9 Å². The molecule has 0 aliphatic rings. The fraction of sp³-hybridized carbons (Fsp3) is 0.904. The zero-order valence-electron chi connectivity index (χ0n) is 93.9. The number of nitrogens with one attached hydrogen (secondary N) is 1. The zero-order chi connectivity index (χ0) is 104. The van der Waals surface area contributed by atoms with Gasteiger partial charge in [0, 0.05) is 79.1 Å². The van der Waals surface area contributed by atoms with Gasteiger partial charge in [-0.05, 0) is 126 Å². The number of ketones is 10. The molecule has 17 N–H and O–H groups in total. The molecular weight excluding hydrogens is 1550 g/mol. The first-order valence-electron chi connectivity index (χ1n) is 47.1. The van der Waals surface area contributed by atoms with E-state index in [4.69, 9.17) is 47.2 Å². The topological polar surface area (TPSA) is 394 Å². The zero-order valence-corrected chi connectivity index (χ0v) is 92.9. The Labute approximate surface area is 770 Å². The molecule has 0 aromatic rings. The van der Waals surface area contributed by atoms with E-state index in [-0.39, 0.29) is 155 Å². The maximum Gasteiger partial charge on any atom is 0.157 e. The van der Waals surface area contributed by atoms with Gasteiger partial charge >= 0.3 is 0 Å². The Balaban J connectivity index is -0.000000147. The number of carbonyl (C=O) groups excluding carboxylic acids is 10. The molecule has 0 fully saturated rings. The predicted molar refractivity (Wildman–Crippen MR) is 538 cm³/mol. The maximum absolute atomic E-state index is 12.0. The van der Waals surface area contributed by atoms with Gasteiger partial charge in [-0.2, -0.15) is 0 Å². The van der Waals surface area contributed by atoms with Gasteiger partial charge in [0.1, 0.15) is 11.6 Å². The molecule has 20 nitrogen and oxygen atoms in total. The molecule has 0 saturated heterocycles. The van der Waals surface area contributed by atoms with Gasteiger partial charge in [0.15, 0.2) is 46.3 Å². The molecule has 12 atom stereocenters. The molecule has 0 aliphatic heterocycles. The van der Waals surface area contributed by atoms with E-state index in [1.807, 2.05) is 289 Å². The van der Waals surface area contributed by atoms with Crippen LogP contribution in [0.2, 0.25) is 0 Å². The number of Topliss-reactive ketones (excluding diaryl/α,β-unsaturated/α-hetero) is 10. The summed E-state index contributed by atoms with van der Waals surface area (Å²) in [6.07, 6.45) is 2.51. The van der Waals surface area contributed by atoms with Gasteiger partial charge in [0.05, 0.1) is 48.2 Å². The van der Waals surface area contributed by atoms with Crippen LogP contribution in [0.4, 0.5) is 0 Å². The third-order valence-electron chi connectivity index (χ3n) is 21.7. The Morgan fingerprint density at radius 3 is 0.637 bits per heavy atom. The summed E-state index contributed by atoms with van der Waals surface area (Å²) in [5, 5.41) is 3.06. The molecule has 0 radical (unpaired) electrons. The van der Waals surface area contributed by atoms with Crippen LogP contribution in [0.3, 0.4) is 0 Å². The minimum Gasteiger partial charge on any atom is -0.327 e. The molecule has 4 unspecified atom stereocenters. The molecule has 0 amide bonds. The molecule has 124 heavy (non-hydrogen) atoms. The summed E-state index contributed by atoms with van der Waals surface area (Å²) in [6.45, 7) is 108. The Bertz CT molecular complexity index is 2930. The molecule has 0 heterocycles. The number of hydrogen-bond donors (Lipinski definition) is 9. The van der Waals surface area contributed by atoms with E-state index in [0.717, 1.165) is 12.8 Å². The van der Waals surface area contributed by atoms with Crippen LogP contribution in [0.1, 0.15) is 408 Å². The van der Waals surface area contributed by atoms with Crippen LogP contribution in [0.25, 0.3) is 0 Å². The molecule has 0 aliphatic carbocycles. The monoisotopic (exact) mass is 1770 g/mol. The third-order valence-corrected chi connectivity index (χ3v) is 21.7. The van der Waals surface area contributed by atoms with E-state index in [2.05, 4.69) is 88.4 Å². The second kappa shape index (κ2) is 58.3. The lowest BCUT2D eigenvalue weighted by Crippen LogP contribution is -2.54. The summed E-state index contributed by atoms with van der Waals surface area (Å²) < 4.78 is 7.67. The van der Waals surface area contributed by atoms with Crippen molar-refractivity contribution < 1.29 is 49.3 Å². The summed E-state index contributed by atoms with van der Waals surface area (Å²) in [7, 11) is 5.77. The van der Waals surface area contributed by atoms with E-state index >= 15 is 0 Å². The average Bonchev–Trinajstić information content (AvgIpc) is 0.835. The standard InChI is InChI=1S/5C11H23NO.4C10H21NO.C9H19NO/c1-8(2)9(12(6)7)10(13)11(3,4)5;2*1-8(2)7-11(6,12)9(13)10(3,4)5;2*1-7(2)8(3)9(12)10(13)11(4,5)6;1-7(2)10(6,11)8(12)9(3,4)5;1-7(2)8(11-6)9(12)10(3,4)5;2*1-7(2)8(11)6-9(12)10(3,4)5;1-6(2)7(10)8(11)9(3,4)5/h8-9H,1-7H3;2*8H,7,12H2,1-6H3;2*7-9H,12H2,1-6H3;7H,11H2,1-6H3;7-8,11H,1-6H3;2*7-8H,6,11H2,1-5H3;6-7H,10H2,1-5H3/t;2*11-;2*8-,9-;;;2*8-;/m.1010..10./s1/i;;;;;;;;;7D. The number of carbonyl (C=O) groups is 10. The molecule has 0 spiro atoms. The van der Waals surface area contributed by atoms with Crippen LogP contribution in [0, 0.1) is 125 Å². The number of nitrogens with zero attached hydrogens (tertiary/aromatic N) is 1. The Kier molecular flexibility index (Phi) is 64.9. The first-order valence-corrected chi connectivity index (χ1v) is 46.6. The van der Waals surface area contributed by atoms with Crippen molar-refractivity contribution >= 4 is 57.8 Å². The van der Waals surface area contributed by atoms with Crippen molar-refractivity contribution in [2.45, 2.75) is 465 Å². The molecule has 0 aromatic carbocycles.